The summed E-state index contributed by atoms with van der Waals surface area (Å²) in [5, 5.41) is 3.01. The van der Waals surface area contributed by atoms with Gasteiger partial charge in [0.15, 0.2) is 11.2 Å². The van der Waals surface area contributed by atoms with E-state index in [1.807, 2.05) is 19.1 Å². The molecule has 0 radical (unpaired) electrons. The van der Waals surface area contributed by atoms with Crippen molar-refractivity contribution >= 4 is 17.0 Å². The van der Waals surface area contributed by atoms with Crippen molar-refractivity contribution in [2.75, 3.05) is 12.4 Å². The van der Waals surface area contributed by atoms with Gasteiger partial charge in [0.1, 0.15) is 11.6 Å². The van der Waals surface area contributed by atoms with Crippen LogP contribution in [0.2, 0.25) is 0 Å². The molecule has 27 heavy (non-hydrogen) atoms. The highest BCUT2D eigenvalue weighted by Gasteiger charge is 2.16. The zero-order valence-corrected chi connectivity index (χ0v) is 14.7. The number of hydrogen-bond donors (Lipinski definition) is 2. The van der Waals surface area contributed by atoms with E-state index in [4.69, 9.17) is 0 Å². The highest BCUT2D eigenvalue weighted by molar-refractivity contribution is 5.85. The summed E-state index contributed by atoms with van der Waals surface area (Å²) >= 11 is 0. The van der Waals surface area contributed by atoms with Gasteiger partial charge >= 0.3 is 0 Å². The van der Waals surface area contributed by atoms with Crippen molar-refractivity contribution in [2.45, 2.75) is 6.92 Å². The van der Waals surface area contributed by atoms with Crippen molar-refractivity contribution in [1.82, 2.24) is 19.9 Å². The monoisotopic (exact) mass is 361 g/mol. The first-order chi connectivity index (χ1) is 13.0. The third-order valence-corrected chi connectivity index (χ3v) is 4.17. The first-order valence-corrected chi connectivity index (χ1v) is 8.37. The Bertz CT molecular complexity index is 1220. The molecule has 3 aromatic heterocycles. The van der Waals surface area contributed by atoms with Gasteiger partial charge < -0.3 is 10.3 Å². The topological polar surface area (TPSA) is 83.6 Å². The van der Waals surface area contributed by atoms with E-state index in [9.17, 15) is 9.18 Å². The summed E-state index contributed by atoms with van der Waals surface area (Å²) < 4.78 is 13.8. The Morgan fingerprint density at radius 1 is 1.00 bits per heavy atom. The van der Waals surface area contributed by atoms with E-state index < -0.39 is 0 Å². The van der Waals surface area contributed by atoms with Crippen LogP contribution < -0.4 is 10.7 Å². The molecular formula is C20H16FN5O. The number of aryl methyl sites for hydroxylation is 1. The quantitative estimate of drug-likeness (QED) is 0.583. The number of nitrogens with one attached hydrogen (secondary N) is 2. The molecule has 7 heteroatoms. The molecule has 0 amide bonds. The summed E-state index contributed by atoms with van der Waals surface area (Å²) in [6.07, 6.45) is 1.52. The summed E-state index contributed by atoms with van der Waals surface area (Å²) in [7, 11) is 1.77. The predicted octanol–water partition coefficient (Wildman–Crippen LogP) is 3.54. The Labute approximate surface area is 154 Å². The average Bonchev–Trinajstić information content (AvgIpc) is 2.67. The first-order valence-electron chi connectivity index (χ1n) is 8.37. The fraction of sp³-hybridized carbons (Fsp3) is 0.100. The molecule has 134 valence electrons. The smallest absolute Gasteiger partial charge is 0.209 e. The van der Waals surface area contributed by atoms with E-state index in [1.54, 1.807) is 19.2 Å². The Morgan fingerprint density at radius 3 is 2.59 bits per heavy atom. The van der Waals surface area contributed by atoms with Gasteiger partial charge in [-0.3, -0.25) is 4.79 Å². The largest absolute Gasteiger partial charge is 0.373 e. The van der Waals surface area contributed by atoms with Gasteiger partial charge in [-0.25, -0.2) is 19.3 Å². The predicted molar refractivity (Wildman–Crippen MR) is 103 cm³/mol. The molecule has 0 aliphatic rings. The summed E-state index contributed by atoms with van der Waals surface area (Å²) in [6, 6.07) is 11.2. The molecule has 0 saturated heterocycles. The number of fused-ring (bicyclic) bond motifs is 1. The summed E-state index contributed by atoms with van der Waals surface area (Å²) in [5.74, 6) is 0.294. The minimum Gasteiger partial charge on any atom is -0.373 e. The van der Waals surface area contributed by atoms with Gasteiger partial charge in [0.25, 0.3) is 0 Å². The van der Waals surface area contributed by atoms with E-state index in [-0.39, 0.29) is 16.8 Å². The lowest BCUT2D eigenvalue weighted by molar-refractivity contribution is 0.628. The molecule has 0 spiro atoms. The van der Waals surface area contributed by atoms with Gasteiger partial charge in [0.2, 0.25) is 5.43 Å². The van der Waals surface area contributed by atoms with Crippen molar-refractivity contribution in [2.24, 2.45) is 0 Å². The molecule has 2 N–H and O–H groups in total. The molecule has 0 aliphatic carbocycles. The van der Waals surface area contributed by atoms with E-state index in [0.717, 1.165) is 11.3 Å². The average molecular weight is 361 g/mol. The van der Waals surface area contributed by atoms with Crippen LogP contribution >= 0.6 is 0 Å². The van der Waals surface area contributed by atoms with Crippen molar-refractivity contribution in [3.05, 3.63) is 70.4 Å². The van der Waals surface area contributed by atoms with Crippen molar-refractivity contribution in [3.63, 3.8) is 0 Å². The van der Waals surface area contributed by atoms with Crippen molar-refractivity contribution < 1.29 is 4.39 Å². The Morgan fingerprint density at radius 2 is 1.81 bits per heavy atom. The molecule has 0 saturated carbocycles. The lowest BCUT2D eigenvalue weighted by Crippen LogP contribution is -2.07. The zero-order chi connectivity index (χ0) is 19.0. The Kier molecular flexibility index (Phi) is 4.12. The normalized spacial score (nSPS) is 10.9. The number of benzene rings is 1. The van der Waals surface area contributed by atoms with Crippen LogP contribution in [0.1, 0.15) is 5.69 Å². The maximum atomic E-state index is 13.8. The fourth-order valence-electron chi connectivity index (χ4n) is 2.95. The summed E-state index contributed by atoms with van der Waals surface area (Å²) in [5.41, 5.74) is 3.42. The van der Waals surface area contributed by atoms with E-state index in [0.29, 0.717) is 28.4 Å². The van der Waals surface area contributed by atoms with Gasteiger partial charge in [-0.2, -0.15) is 0 Å². The summed E-state index contributed by atoms with van der Waals surface area (Å²) in [6.45, 7) is 1.87. The zero-order valence-electron chi connectivity index (χ0n) is 14.7. The fourth-order valence-corrected chi connectivity index (χ4v) is 2.95. The molecule has 1 aromatic carbocycles. The molecule has 0 fully saturated rings. The van der Waals surface area contributed by atoms with Gasteiger partial charge in [0, 0.05) is 36.1 Å². The number of aromatic amines is 1. The molecule has 4 aromatic rings. The number of nitrogens with zero attached hydrogens (tertiary/aromatic N) is 3. The molecule has 0 unspecified atom stereocenters. The van der Waals surface area contributed by atoms with Crippen LogP contribution in [0.3, 0.4) is 0 Å². The second-order valence-corrected chi connectivity index (χ2v) is 6.10. The molecule has 4 rings (SSSR count). The Hall–Kier alpha value is -3.61. The van der Waals surface area contributed by atoms with Crippen LogP contribution in [0.4, 0.5) is 10.2 Å². The SMILES string of the molecule is CNc1cc(-c2nc3c(=O)cc[nH]c3nc2-c2cccc(F)c2)cc(C)n1. The van der Waals surface area contributed by atoms with Crippen LogP contribution in [-0.2, 0) is 0 Å². The van der Waals surface area contributed by atoms with Crippen LogP contribution in [0, 0.1) is 12.7 Å². The number of H-pyrrole nitrogens is 1. The van der Waals surface area contributed by atoms with Crippen molar-refractivity contribution in [1.29, 1.82) is 0 Å². The molecule has 3 heterocycles. The van der Waals surface area contributed by atoms with E-state index >= 15 is 0 Å². The number of aromatic nitrogens is 4. The summed E-state index contributed by atoms with van der Waals surface area (Å²) in [4.78, 5) is 28.7. The molecule has 0 bridgehead atoms. The van der Waals surface area contributed by atoms with Crippen LogP contribution in [-0.4, -0.2) is 27.0 Å². The number of rotatable bonds is 3. The maximum Gasteiger partial charge on any atom is 0.209 e. The highest BCUT2D eigenvalue weighted by atomic mass is 19.1. The van der Waals surface area contributed by atoms with E-state index in [2.05, 4.69) is 25.3 Å². The van der Waals surface area contributed by atoms with Gasteiger partial charge in [-0.15, -0.1) is 0 Å². The third kappa shape index (κ3) is 3.15. The van der Waals surface area contributed by atoms with Crippen LogP contribution in [0.25, 0.3) is 33.7 Å². The minimum absolute atomic E-state index is 0.230. The molecular weight excluding hydrogens is 345 g/mol. The highest BCUT2D eigenvalue weighted by Crippen LogP contribution is 2.31. The second kappa shape index (κ2) is 6.60. The van der Waals surface area contributed by atoms with Gasteiger partial charge in [-0.1, -0.05) is 12.1 Å². The molecule has 6 nitrogen and oxygen atoms in total. The Balaban J connectivity index is 2.08. The number of halogens is 1. The number of hydrogen-bond acceptors (Lipinski definition) is 5. The third-order valence-electron chi connectivity index (χ3n) is 4.17. The second-order valence-electron chi connectivity index (χ2n) is 6.10. The molecule has 0 atom stereocenters. The molecule has 0 aliphatic heterocycles. The lowest BCUT2D eigenvalue weighted by Gasteiger charge is -2.12. The van der Waals surface area contributed by atoms with Gasteiger partial charge in [-0.05, 0) is 31.2 Å². The number of anilines is 1. The minimum atomic E-state index is -0.372. The van der Waals surface area contributed by atoms with Crippen LogP contribution in [0.15, 0.2) is 53.5 Å². The lowest BCUT2D eigenvalue weighted by atomic mass is 10.0. The standard InChI is InChI=1S/C20H16FN5O/c1-11-8-13(10-16(22-2)24-11)18-17(12-4-3-5-14(21)9-12)26-20-19(25-18)15(27)6-7-23-20/h3-10H,1-2H3,(H,22,24)(H,23,26,27). The first kappa shape index (κ1) is 16.8. The van der Waals surface area contributed by atoms with Crippen molar-refractivity contribution in [3.8, 4) is 22.5 Å². The van der Waals surface area contributed by atoms with E-state index in [1.165, 1.54) is 24.4 Å². The number of pyridine rings is 2. The maximum absolute atomic E-state index is 13.8. The van der Waals surface area contributed by atoms with Gasteiger partial charge in [0.05, 0.1) is 11.4 Å². The van der Waals surface area contributed by atoms with Crippen LogP contribution in [0.5, 0.6) is 0 Å².